The number of nitrogens with zero attached hydrogens (tertiary/aromatic N) is 2. The van der Waals surface area contributed by atoms with Crippen LogP contribution < -0.4 is 16.8 Å². The predicted octanol–water partition coefficient (Wildman–Crippen LogP) is -1.85. The van der Waals surface area contributed by atoms with E-state index in [-0.39, 0.29) is 12.8 Å². The number of nitrogens with two attached hydrogens (primary N) is 2. The molecular formula is C18H29N5O6. The molecule has 2 fully saturated rings. The van der Waals surface area contributed by atoms with Gasteiger partial charge in [0.25, 0.3) is 0 Å². The number of hydrogen-bond acceptors (Lipinski definition) is 6. The van der Waals surface area contributed by atoms with E-state index in [9.17, 15) is 29.1 Å². The van der Waals surface area contributed by atoms with Crippen molar-refractivity contribution in [2.24, 2.45) is 11.5 Å². The number of nitrogens with one attached hydrogen (secondary N) is 1. The van der Waals surface area contributed by atoms with E-state index < -0.39 is 53.8 Å². The van der Waals surface area contributed by atoms with Crippen LogP contribution in [0.25, 0.3) is 0 Å². The van der Waals surface area contributed by atoms with Crippen LogP contribution in [-0.2, 0) is 24.0 Å². The monoisotopic (exact) mass is 411 g/mol. The zero-order valence-corrected chi connectivity index (χ0v) is 16.5. The van der Waals surface area contributed by atoms with E-state index in [0.29, 0.717) is 38.8 Å². The van der Waals surface area contributed by atoms with Crippen LogP contribution in [0.3, 0.4) is 0 Å². The van der Waals surface area contributed by atoms with Crippen LogP contribution in [0, 0.1) is 0 Å². The minimum Gasteiger partial charge on any atom is -0.480 e. The lowest BCUT2D eigenvalue weighted by Gasteiger charge is -2.29. The predicted molar refractivity (Wildman–Crippen MR) is 101 cm³/mol. The summed E-state index contributed by atoms with van der Waals surface area (Å²) in [6.07, 6.45) is 2.10. The Morgan fingerprint density at radius 2 is 1.59 bits per heavy atom. The third kappa shape index (κ3) is 5.43. The van der Waals surface area contributed by atoms with Crippen molar-refractivity contribution in [1.29, 1.82) is 0 Å². The number of carboxylic acids is 1. The maximum atomic E-state index is 12.7. The van der Waals surface area contributed by atoms with Gasteiger partial charge < -0.3 is 31.7 Å². The summed E-state index contributed by atoms with van der Waals surface area (Å²) in [6.45, 7) is 2.19. The van der Waals surface area contributed by atoms with Gasteiger partial charge in [-0.1, -0.05) is 0 Å². The average molecular weight is 411 g/mol. The van der Waals surface area contributed by atoms with Gasteiger partial charge in [-0.3, -0.25) is 19.2 Å². The van der Waals surface area contributed by atoms with E-state index in [4.69, 9.17) is 11.5 Å². The highest BCUT2D eigenvalue weighted by Crippen LogP contribution is 2.21. The van der Waals surface area contributed by atoms with E-state index in [0.717, 1.165) is 0 Å². The van der Waals surface area contributed by atoms with Gasteiger partial charge in [0.2, 0.25) is 23.6 Å². The number of aliphatic carboxylic acids is 1. The number of likely N-dealkylation sites (tertiary alicyclic amines) is 2. The molecule has 0 aromatic rings. The van der Waals surface area contributed by atoms with Crippen molar-refractivity contribution < 1.29 is 29.1 Å². The van der Waals surface area contributed by atoms with Crippen molar-refractivity contribution >= 4 is 29.6 Å². The Morgan fingerprint density at radius 1 is 1.03 bits per heavy atom. The lowest BCUT2D eigenvalue weighted by atomic mass is 10.1. The summed E-state index contributed by atoms with van der Waals surface area (Å²) < 4.78 is 0. The maximum absolute atomic E-state index is 12.7. The molecule has 4 atom stereocenters. The summed E-state index contributed by atoms with van der Waals surface area (Å²) in [5.41, 5.74) is 10.9. The number of carboxylic acid groups (broad SMARTS) is 1. The van der Waals surface area contributed by atoms with Gasteiger partial charge >= 0.3 is 5.97 Å². The van der Waals surface area contributed by atoms with Gasteiger partial charge in [-0.2, -0.15) is 0 Å². The maximum Gasteiger partial charge on any atom is 0.326 e. The SMILES string of the molecule is CC(NC(=O)C1CCCN1C(=O)C(N)CCC(N)=O)C(=O)N1CCCC1C(=O)O. The molecule has 0 radical (unpaired) electrons. The molecule has 0 aromatic heterocycles. The molecule has 2 rings (SSSR count). The van der Waals surface area contributed by atoms with Crippen molar-refractivity contribution in [3.63, 3.8) is 0 Å². The molecule has 0 saturated carbocycles. The van der Waals surface area contributed by atoms with Crippen LogP contribution in [0.2, 0.25) is 0 Å². The van der Waals surface area contributed by atoms with Crippen molar-refractivity contribution in [2.45, 2.75) is 69.6 Å². The molecule has 162 valence electrons. The quantitative estimate of drug-likeness (QED) is 0.362. The van der Waals surface area contributed by atoms with Crippen molar-refractivity contribution in [2.75, 3.05) is 13.1 Å². The Bertz CT molecular complexity index is 684. The normalized spacial score (nSPS) is 23.5. The van der Waals surface area contributed by atoms with Crippen LogP contribution in [0.5, 0.6) is 0 Å². The van der Waals surface area contributed by atoms with E-state index in [1.807, 2.05) is 0 Å². The number of carbonyl (C=O) groups excluding carboxylic acids is 4. The number of rotatable bonds is 8. The van der Waals surface area contributed by atoms with E-state index in [1.165, 1.54) is 16.7 Å². The van der Waals surface area contributed by atoms with Crippen molar-refractivity contribution in [3.05, 3.63) is 0 Å². The number of primary amides is 1. The zero-order valence-electron chi connectivity index (χ0n) is 16.5. The van der Waals surface area contributed by atoms with E-state index in [1.54, 1.807) is 0 Å². The molecule has 2 aliphatic rings. The first-order chi connectivity index (χ1) is 13.6. The van der Waals surface area contributed by atoms with Gasteiger partial charge in [-0.05, 0) is 39.0 Å². The molecule has 11 nitrogen and oxygen atoms in total. The molecule has 2 saturated heterocycles. The highest BCUT2D eigenvalue weighted by Gasteiger charge is 2.39. The summed E-state index contributed by atoms with van der Waals surface area (Å²) in [6, 6.07) is -3.49. The first-order valence-electron chi connectivity index (χ1n) is 9.81. The molecule has 0 aliphatic carbocycles. The van der Waals surface area contributed by atoms with Gasteiger partial charge in [0.1, 0.15) is 18.1 Å². The number of amides is 4. The molecule has 0 spiro atoms. The first-order valence-corrected chi connectivity index (χ1v) is 9.81. The Balaban J connectivity index is 1.96. The molecule has 2 aliphatic heterocycles. The van der Waals surface area contributed by atoms with E-state index in [2.05, 4.69) is 5.32 Å². The van der Waals surface area contributed by atoms with Gasteiger partial charge in [0.15, 0.2) is 0 Å². The number of hydrogen-bond donors (Lipinski definition) is 4. The lowest BCUT2D eigenvalue weighted by molar-refractivity contribution is -0.149. The molecule has 2 heterocycles. The first kappa shape index (κ1) is 22.6. The molecule has 29 heavy (non-hydrogen) atoms. The summed E-state index contributed by atoms with van der Waals surface area (Å²) >= 11 is 0. The van der Waals surface area contributed by atoms with Gasteiger partial charge in [0, 0.05) is 19.5 Å². The highest BCUT2D eigenvalue weighted by atomic mass is 16.4. The topological polar surface area (TPSA) is 176 Å². The molecule has 4 amide bonds. The third-order valence-corrected chi connectivity index (χ3v) is 5.41. The Morgan fingerprint density at radius 3 is 2.14 bits per heavy atom. The zero-order chi connectivity index (χ0) is 21.7. The van der Waals surface area contributed by atoms with Crippen LogP contribution in [-0.4, -0.2) is 81.8 Å². The minimum absolute atomic E-state index is 0.0241. The van der Waals surface area contributed by atoms with Gasteiger partial charge in [-0.15, -0.1) is 0 Å². The fourth-order valence-corrected chi connectivity index (χ4v) is 3.84. The van der Waals surface area contributed by atoms with E-state index >= 15 is 0 Å². The highest BCUT2D eigenvalue weighted by molar-refractivity contribution is 5.94. The number of carbonyl (C=O) groups is 5. The Labute approximate surface area is 168 Å². The largest absolute Gasteiger partial charge is 0.480 e. The fraction of sp³-hybridized carbons (Fsp3) is 0.722. The van der Waals surface area contributed by atoms with Crippen molar-refractivity contribution in [1.82, 2.24) is 15.1 Å². The standard InChI is InChI=1S/C18H29N5O6/c1-10(16(26)23-9-3-5-13(23)18(28)29)21-15(25)12-4-2-8-22(12)17(27)11(19)6-7-14(20)24/h10-13H,2-9,19H2,1H3,(H2,20,24)(H,21,25)(H,28,29). The molecule has 11 heteroatoms. The summed E-state index contributed by atoms with van der Waals surface area (Å²) in [5, 5.41) is 11.8. The second kappa shape index (κ2) is 9.68. The van der Waals surface area contributed by atoms with Crippen LogP contribution in [0.4, 0.5) is 0 Å². The van der Waals surface area contributed by atoms with Crippen LogP contribution in [0.1, 0.15) is 45.4 Å². The fourth-order valence-electron chi connectivity index (χ4n) is 3.84. The summed E-state index contributed by atoms with van der Waals surface area (Å²) in [5.74, 6) is -3.00. The van der Waals surface area contributed by atoms with Gasteiger partial charge in [0.05, 0.1) is 6.04 Å². The second-order valence-electron chi connectivity index (χ2n) is 7.56. The Kier molecular flexibility index (Phi) is 7.54. The van der Waals surface area contributed by atoms with Crippen molar-refractivity contribution in [3.8, 4) is 0 Å². The second-order valence-corrected chi connectivity index (χ2v) is 7.56. The third-order valence-electron chi connectivity index (χ3n) is 5.41. The Hall–Kier alpha value is -2.69. The smallest absolute Gasteiger partial charge is 0.326 e. The summed E-state index contributed by atoms with van der Waals surface area (Å²) in [7, 11) is 0. The molecular weight excluding hydrogens is 382 g/mol. The summed E-state index contributed by atoms with van der Waals surface area (Å²) in [4.78, 5) is 62.6. The lowest BCUT2D eigenvalue weighted by Crippen LogP contribution is -2.55. The molecule has 0 bridgehead atoms. The van der Waals surface area contributed by atoms with Crippen LogP contribution >= 0.6 is 0 Å². The molecule has 6 N–H and O–H groups in total. The molecule has 0 aromatic carbocycles. The average Bonchev–Trinajstić information content (AvgIpc) is 3.33. The molecule has 4 unspecified atom stereocenters. The van der Waals surface area contributed by atoms with Gasteiger partial charge in [-0.25, -0.2) is 4.79 Å². The minimum atomic E-state index is -1.06. The van der Waals surface area contributed by atoms with Crippen LogP contribution in [0.15, 0.2) is 0 Å².